The van der Waals surface area contributed by atoms with Crippen molar-refractivity contribution in [2.24, 2.45) is 7.05 Å². The Balaban J connectivity index is 1.89. The van der Waals surface area contributed by atoms with E-state index in [0.29, 0.717) is 6.04 Å². The molecule has 0 amide bonds. The molecule has 94 valence electrons. The lowest BCUT2D eigenvalue weighted by Gasteiger charge is -2.25. The van der Waals surface area contributed by atoms with Crippen LogP contribution in [0.25, 0.3) is 0 Å². The fraction of sp³-hybridized carbons (Fsp3) is 0.357. The zero-order valence-electron chi connectivity index (χ0n) is 10.4. The molecule has 0 saturated heterocycles. The van der Waals surface area contributed by atoms with Gasteiger partial charge in [-0.1, -0.05) is 12.1 Å². The van der Waals surface area contributed by atoms with Gasteiger partial charge in [-0.25, -0.2) is 0 Å². The first-order valence-corrected chi connectivity index (χ1v) is 7.35. The van der Waals surface area contributed by atoms with Crippen LogP contribution in [0.5, 0.6) is 0 Å². The van der Waals surface area contributed by atoms with Crippen molar-refractivity contribution >= 4 is 28.3 Å². The molecule has 3 rings (SSSR count). The molecule has 1 aromatic carbocycles. The minimum absolute atomic E-state index is 0.401. The molecule has 2 aromatic rings. The molecule has 0 radical (unpaired) electrons. The fourth-order valence-electron chi connectivity index (χ4n) is 2.62. The Kier molecular flexibility index (Phi) is 3.28. The van der Waals surface area contributed by atoms with Crippen molar-refractivity contribution in [1.29, 1.82) is 0 Å². The maximum Gasteiger partial charge on any atom is 0.0548 e. The molecule has 4 heteroatoms. The Hall–Kier alpha value is -1.04. The molecule has 1 N–H and O–H groups in total. The molecule has 1 aromatic heterocycles. The summed E-state index contributed by atoms with van der Waals surface area (Å²) in [5.74, 6) is 0. The van der Waals surface area contributed by atoms with Crippen LogP contribution >= 0.6 is 22.6 Å². The summed E-state index contributed by atoms with van der Waals surface area (Å²) in [6.07, 6.45) is 5.58. The Morgan fingerprint density at radius 3 is 3.06 bits per heavy atom. The van der Waals surface area contributed by atoms with Crippen LogP contribution in [0.4, 0.5) is 5.69 Å². The lowest BCUT2D eigenvalue weighted by atomic mass is 9.93. The number of hydrogen-bond donors (Lipinski definition) is 1. The summed E-state index contributed by atoms with van der Waals surface area (Å²) in [6.45, 7) is 0. The van der Waals surface area contributed by atoms with Crippen molar-refractivity contribution in [2.45, 2.75) is 25.3 Å². The van der Waals surface area contributed by atoms with E-state index in [1.165, 1.54) is 33.4 Å². The van der Waals surface area contributed by atoms with Gasteiger partial charge in [0.1, 0.15) is 0 Å². The quantitative estimate of drug-likeness (QED) is 0.838. The van der Waals surface area contributed by atoms with Crippen LogP contribution in [0.15, 0.2) is 30.5 Å². The van der Waals surface area contributed by atoms with Gasteiger partial charge < -0.3 is 5.32 Å². The van der Waals surface area contributed by atoms with Crippen LogP contribution in [0.3, 0.4) is 0 Å². The highest BCUT2D eigenvalue weighted by molar-refractivity contribution is 14.1. The molecule has 1 aliphatic rings. The van der Waals surface area contributed by atoms with Gasteiger partial charge in [-0.3, -0.25) is 4.68 Å². The molecule has 1 aliphatic carbocycles. The predicted molar refractivity (Wildman–Crippen MR) is 81.7 cm³/mol. The number of aromatic nitrogens is 2. The molecular formula is C14H16IN3. The van der Waals surface area contributed by atoms with E-state index in [2.05, 4.69) is 57.3 Å². The van der Waals surface area contributed by atoms with Gasteiger partial charge in [0.25, 0.3) is 0 Å². The maximum absolute atomic E-state index is 4.39. The molecule has 1 heterocycles. The summed E-state index contributed by atoms with van der Waals surface area (Å²) >= 11 is 2.38. The standard InChI is InChI=1S/C14H16IN3/c1-18-14-8-4-7-12(10(14)9-16-18)17-13-6-3-2-5-11(13)15/h2-3,5-6,9,12,17H,4,7-8H2,1H3. The average Bonchev–Trinajstić information content (AvgIpc) is 2.76. The predicted octanol–water partition coefficient (Wildman–Crippen LogP) is 3.51. The lowest BCUT2D eigenvalue weighted by molar-refractivity contribution is 0.571. The SMILES string of the molecule is Cn1ncc2c1CCCC2Nc1ccccc1I. The van der Waals surface area contributed by atoms with Crippen molar-refractivity contribution in [3.8, 4) is 0 Å². The molecule has 0 aliphatic heterocycles. The van der Waals surface area contributed by atoms with E-state index in [1.54, 1.807) is 0 Å². The number of hydrogen-bond acceptors (Lipinski definition) is 2. The Labute approximate surface area is 121 Å². The van der Waals surface area contributed by atoms with Crippen LogP contribution in [0.2, 0.25) is 0 Å². The van der Waals surface area contributed by atoms with Crippen molar-refractivity contribution in [1.82, 2.24) is 9.78 Å². The highest BCUT2D eigenvalue weighted by atomic mass is 127. The number of nitrogens with zero attached hydrogens (tertiary/aromatic N) is 2. The second-order valence-electron chi connectivity index (χ2n) is 4.74. The third kappa shape index (κ3) is 2.13. The molecule has 0 fully saturated rings. The van der Waals surface area contributed by atoms with Crippen molar-refractivity contribution < 1.29 is 0 Å². The second kappa shape index (κ2) is 4.91. The van der Waals surface area contributed by atoms with E-state index >= 15 is 0 Å². The summed E-state index contributed by atoms with van der Waals surface area (Å²) in [5, 5.41) is 8.05. The van der Waals surface area contributed by atoms with Crippen molar-refractivity contribution in [2.75, 3.05) is 5.32 Å². The monoisotopic (exact) mass is 353 g/mol. The van der Waals surface area contributed by atoms with Gasteiger partial charge in [0.15, 0.2) is 0 Å². The van der Waals surface area contributed by atoms with Crippen LogP contribution in [0.1, 0.15) is 30.1 Å². The van der Waals surface area contributed by atoms with Gasteiger partial charge in [0.2, 0.25) is 0 Å². The topological polar surface area (TPSA) is 29.9 Å². The zero-order valence-corrected chi connectivity index (χ0v) is 12.5. The lowest BCUT2D eigenvalue weighted by Crippen LogP contribution is -2.18. The fourth-order valence-corrected chi connectivity index (χ4v) is 3.17. The third-order valence-corrected chi connectivity index (χ3v) is 4.52. The normalized spacial score (nSPS) is 18.4. The van der Waals surface area contributed by atoms with E-state index in [-0.39, 0.29) is 0 Å². The Morgan fingerprint density at radius 2 is 2.22 bits per heavy atom. The van der Waals surface area contributed by atoms with E-state index in [1.807, 2.05) is 17.9 Å². The first-order chi connectivity index (χ1) is 8.75. The summed E-state index contributed by atoms with van der Waals surface area (Å²) in [7, 11) is 2.04. The minimum Gasteiger partial charge on any atom is -0.377 e. The molecule has 0 bridgehead atoms. The van der Waals surface area contributed by atoms with E-state index < -0.39 is 0 Å². The molecule has 18 heavy (non-hydrogen) atoms. The molecular weight excluding hydrogens is 337 g/mol. The maximum atomic E-state index is 4.39. The highest BCUT2D eigenvalue weighted by Gasteiger charge is 2.23. The number of halogens is 1. The van der Waals surface area contributed by atoms with Crippen LogP contribution in [-0.2, 0) is 13.5 Å². The van der Waals surface area contributed by atoms with E-state index in [4.69, 9.17) is 0 Å². The number of rotatable bonds is 2. The van der Waals surface area contributed by atoms with Gasteiger partial charge in [-0.15, -0.1) is 0 Å². The molecule has 1 atom stereocenters. The highest BCUT2D eigenvalue weighted by Crippen LogP contribution is 2.33. The first-order valence-electron chi connectivity index (χ1n) is 6.27. The number of benzene rings is 1. The second-order valence-corrected chi connectivity index (χ2v) is 5.90. The molecule has 0 spiro atoms. The number of aryl methyl sites for hydroxylation is 1. The number of anilines is 1. The summed E-state index contributed by atoms with van der Waals surface area (Å²) in [6, 6.07) is 8.83. The van der Waals surface area contributed by atoms with E-state index in [9.17, 15) is 0 Å². The van der Waals surface area contributed by atoms with Gasteiger partial charge in [0, 0.05) is 27.6 Å². The van der Waals surface area contributed by atoms with Gasteiger partial charge in [-0.2, -0.15) is 5.10 Å². The largest absolute Gasteiger partial charge is 0.377 e. The number of fused-ring (bicyclic) bond motifs is 1. The Bertz CT molecular complexity index is 562. The van der Waals surface area contributed by atoms with Crippen molar-refractivity contribution in [3.05, 3.63) is 45.3 Å². The van der Waals surface area contributed by atoms with Gasteiger partial charge in [0.05, 0.1) is 12.2 Å². The smallest absolute Gasteiger partial charge is 0.0548 e. The first kappa shape index (κ1) is 12.0. The number of nitrogens with one attached hydrogen (secondary N) is 1. The van der Waals surface area contributed by atoms with Gasteiger partial charge in [-0.05, 0) is 54.0 Å². The molecule has 0 saturated carbocycles. The van der Waals surface area contributed by atoms with Crippen LogP contribution in [0, 0.1) is 3.57 Å². The Morgan fingerprint density at radius 1 is 1.39 bits per heavy atom. The van der Waals surface area contributed by atoms with Crippen molar-refractivity contribution in [3.63, 3.8) is 0 Å². The van der Waals surface area contributed by atoms with Crippen LogP contribution in [-0.4, -0.2) is 9.78 Å². The minimum atomic E-state index is 0.401. The summed E-state index contributed by atoms with van der Waals surface area (Å²) < 4.78 is 3.28. The summed E-state index contributed by atoms with van der Waals surface area (Å²) in [5.41, 5.74) is 3.97. The summed E-state index contributed by atoms with van der Waals surface area (Å²) in [4.78, 5) is 0. The third-order valence-electron chi connectivity index (χ3n) is 3.58. The van der Waals surface area contributed by atoms with Crippen LogP contribution < -0.4 is 5.32 Å². The van der Waals surface area contributed by atoms with E-state index in [0.717, 1.165) is 6.42 Å². The molecule has 1 unspecified atom stereocenters. The average molecular weight is 353 g/mol. The number of para-hydroxylation sites is 1. The zero-order chi connectivity index (χ0) is 12.5. The molecule has 3 nitrogen and oxygen atoms in total. The van der Waals surface area contributed by atoms with Gasteiger partial charge >= 0.3 is 0 Å².